The average molecular weight is 202 g/mol. The summed E-state index contributed by atoms with van der Waals surface area (Å²) in [6.07, 6.45) is 2.37. The number of hydrogen-bond donors (Lipinski definition) is 0. The van der Waals surface area contributed by atoms with E-state index in [-0.39, 0.29) is 0 Å². The second kappa shape index (κ2) is 5.82. The van der Waals surface area contributed by atoms with Crippen molar-refractivity contribution >= 4 is 5.57 Å². The molecule has 0 aliphatic heterocycles. The van der Waals surface area contributed by atoms with Gasteiger partial charge < -0.3 is 4.74 Å². The van der Waals surface area contributed by atoms with Gasteiger partial charge in [0, 0.05) is 12.6 Å². The highest BCUT2D eigenvalue weighted by Gasteiger charge is 2.09. The monoisotopic (exact) mass is 202 g/mol. The molecule has 0 aromatic carbocycles. The van der Waals surface area contributed by atoms with E-state index in [0.29, 0.717) is 30.1 Å². The molecule has 0 N–H and O–H groups in total. The van der Waals surface area contributed by atoms with Crippen molar-refractivity contribution in [2.75, 3.05) is 6.61 Å². The third-order valence-corrected chi connectivity index (χ3v) is 1.95. The number of nitriles is 1. The van der Waals surface area contributed by atoms with Crippen LogP contribution >= 0.6 is 0 Å². The second-order valence-corrected chi connectivity index (χ2v) is 2.91. The molecule has 0 spiro atoms. The molecule has 1 rings (SSSR count). The van der Waals surface area contributed by atoms with Gasteiger partial charge >= 0.3 is 0 Å². The highest BCUT2D eigenvalue weighted by molar-refractivity contribution is 5.76. The van der Waals surface area contributed by atoms with Crippen molar-refractivity contribution in [3.05, 3.63) is 35.8 Å². The van der Waals surface area contributed by atoms with Gasteiger partial charge in [0.1, 0.15) is 17.4 Å². The van der Waals surface area contributed by atoms with Crippen molar-refractivity contribution in [1.82, 2.24) is 4.98 Å². The lowest BCUT2D eigenvalue weighted by atomic mass is 10.1. The summed E-state index contributed by atoms with van der Waals surface area (Å²) >= 11 is 0. The van der Waals surface area contributed by atoms with Gasteiger partial charge in [0.05, 0.1) is 12.3 Å². The third-order valence-electron chi connectivity index (χ3n) is 1.95. The van der Waals surface area contributed by atoms with E-state index in [1.165, 1.54) is 0 Å². The van der Waals surface area contributed by atoms with E-state index in [4.69, 9.17) is 10.00 Å². The zero-order chi connectivity index (χ0) is 11.1. The largest absolute Gasteiger partial charge is 0.497 e. The van der Waals surface area contributed by atoms with Crippen LogP contribution in [0.4, 0.5) is 0 Å². The van der Waals surface area contributed by atoms with E-state index in [0.717, 1.165) is 0 Å². The lowest BCUT2D eigenvalue weighted by molar-refractivity contribution is 0.223. The normalized spacial score (nSPS) is 11.5. The van der Waals surface area contributed by atoms with Gasteiger partial charge in [0.15, 0.2) is 0 Å². The van der Waals surface area contributed by atoms with Crippen LogP contribution in [0.1, 0.15) is 26.0 Å². The first-order valence-corrected chi connectivity index (χ1v) is 5.00. The Kier molecular flexibility index (Phi) is 4.36. The van der Waals surface area contributed by atoms with Crippen LogP contribution in [0.2, 0.25) is 0 Å². The second-order valence-electron chi connectivity index (χ2n) is 2.91. The molecule has 78 valence electrons. The number of allylic oxidation sites excluding steroid dienone is 2. The molecule has 0 saturated heterocycles. The van der Waals surface area contributed by atoms with E-state index in [9.17, 15) is 0 Å². The van der Waals surface area contributed by atoms with Gasteiger partial charge in [0.2, 0.25) is 0 Å². The highest BCUT2D eigenvalue weighted by Crippen LogP contribution is 2.18. The molecule has 0 amide bonds. The summed E-state index contributed by atoms with van der Waals surface area (Å²) in [7, 11) is 0. The van der Waals surface area contributed by atoms with Crippen LogP contribution in [0.3, 0.4) is 0 Å². The van der Waals surface area contributed by atoms with Crippen LogP contribution < -0.4 is 0 Å². The molecule has 0 aliphatic carbocycles. The maximum atomic E-state index is 9.08. The zero-order valence-electron chi connectivity index (χ0n) is 9.03. The molecule has 1 aromatic heterocycles. The topological polar surface area (TPSA) is 45.9 Å². The fourth-order valence-corrected chi connectivity index (χ4v) is 1.30. The Hall–Kier alpha value is -1.82. The minimum absolute atomic E-state index is 0.528. The fraction of sp³-hybridized carbons (Fsp3) is 0.333. The first-order chi connectivity index (χ1) is 7.33. The summed E-state index contributed by atoms with van der Waals surface area (Å²) < 4.78 is 5.42. The van der Waals surface area contributed by atoms with Gasteiger partial charge in [-0.15, -0.1) is 0 Å². The summed E-state index contributed by atoms with van der Waals surface area (Å²) in [6, 6.07) is 7.64. The third kappa shape index (κ3) is 2.81. The van der Waals surface area contributed by atoms with Crippen molar-refractivity contribution in [3.63, 3.8) is 0 Å². The fourth-order valence-electron chi connectivity index (χ4n) is 1.30. The maximum Gasteiger partial charge on any atom is 0.116 e. The standard InChI is InChI=1S/C12H14N2O/c1-3-12(15-4-2)10(9-13)11-7-5-6-8-14-11/h5-8H,3-4H2,1-2H3/b12-10+. The Morgan fingerprint density at radius 1 is 1.47 bits per heavy atom. The Morgan fingerprint density at radius 2 is 2.27 bits per heavy atom. The average Bonchev–Trinajstić information content (AvgIpc) is 2.30. The van der Waals surface area contributed by atoms with Crippen LogP contribution in [-0.2, 0) is 4.74 Å². The van der Waals surface area contributed by atoms with E-state index >= 15 is 0 Å². The summed E-state index contributed by atoms with van der Waals surface area (Å²) in [5.74, 6) is 0.707. The molecular weight excluding hydrogens is 188 g/mol. The SMILES string of the molecule is CCO/C(CC)=C(\C#N)c1ccccn1. The van der Waals surface area contributed by atoms with Crippen LogP contribution in [0.15, 0.2) is 30.2 Å². The van der Waals surface area contributed by atoms with Crippen molar-refractivity contribution < 1.29 is 4.74 Å². The van der Waals surface area contributed by atoms with E-state index in [1.807, 2.05) is 32.0 Å². The molecule has 1 aromatic rings. The highest BCUT2D eigenvalue weighted by atomic mass is 16.5. The summed E-state index contributed by atoms with van der Waals surface area (Å²) in [5.41, 5.74) is 1.20. The molecule has 0 atom stereocenters. The van der Waals surface area contributed by atoms with Crippen LogP contribution in [0.5, 0.6) is 0 Å². The van der Waals surface area contributed by atoms with Crippen molar-refractivity contribution in [3.8, 4) is 6.07 Å². The number of rotatable bonds is 4. The van der Waals surface area contributed by atoms with Crippen LogP contribution in [-0.4, -0.2) is 11.6 Å². The lowest BCUT2D eigenvalue weighted by Gasteiger charge is -2.08. The number of hydrogen-bond acceptors (Lipinski definition) is 3. The van der Waals surface area contributed by atoms with Crippen molar-refractivity contribution in [2.45, 2.75) is 20.3 Å². The van der Waals surface area contributed by atoms with Crippen molar-refractivity contribution in [1.29, 1.82) is 5.26 Å². The molecular formula is C12H14N2O. The molecule has 0 radical (unpaired) electrons. The molecule has 15 heavy (non-hydrogen) atoms. The first kappa shape index (κ1) is 11.3. The van der Waals surface area contributed by atoms with Gasteiger partial charge in [-0.2, -0.15) is 5.26 Å². The summed E-state index contributed by atoms with van der Waals surface area (Å²) in [6.45, 7) is 4.44. The molecule has 3 heteroatoms. The van der Waals surface area contributed by atoms with Gasteiger partial charge in [-0.3, -0.25) is 4.98 Å². The Labute approximate surface area is 90.0 Å². The number of aromatic nitrogens is 1. The minimum atomic E-state index is 0.528. The molecule has 3 nitrogen and oxygen atoms in total. The number of ether oxygens (including phenoxy) is 1. The lowest BCUT2D eigenvalue weighted by Crippen LogP contribution is -1.97. The number of nitrogens with zero attached hydrogens (tertiary/aromatic N) is 2. The van der Waals surface area contributed by atoms with Gasteiger partial charge in [-0.1, -0.05) is 13.0 Å². The Bertz CT molecular complexity index is 376. The quantitative estimate of drug-likeness (QED) is 0.557. The molecule has 1 heterocycles. The van der Waals surface area contributed by atoms with Gasteiger partial charge in [-0.05, 0) is 19.1 Å². The van der Waals surface area contributed by atoms with Crippen LogP contribution in [0, 0.1) is 11.3 Å². The summed E-state index contributed by atoms with van der Waals surface area (Å²) in [5, 5.41) is 9.08. The number of pyridine rings is 1. The summed E-state index contributed by atoms with van der Waals surface area (Å²) in [4.78, 5) is 4.14. The Morgan fingerprint density at radius 3 is 2.73 bits per heavy atom. The zero-order valence-corrected chi connectivity index (χ0v) is 9.03. The van der Waals surface area contributed by atoms with E-state index in [1.54, 1.807) is 6.20 Å². The molecule has 0 bridgehead atoms. The van der Waals surface area contributed by atoms with Gasteiger partial charge in [-0.25, -0.2) is 0 Å². The predicted molar refractivity (Wildman–Crippen MR) is 58.7 cm³/mol. The first-order valence-electron chi connectivity index (χ1n) is 5.00. The van der Waals surface area contributed by atoms with Gasteiger partial charge in [0.25, 0.3) is 0 Å². The van der Waals surface area contributed by atoms with E-state index in [2.05, 4.69) is 11.1 Å². The maximum absolute atomic E-state index is 9.08. The molecule has 0 unspecified atom stereocenters. The molecule has 0 saturated carbocycles. The van der Waals surface area contributed by atoms with Crippen LogP contribution in [0.25, 0.3) is 5.57 Å². The molecule has 0 fully saturated rings. The predicted octanol–water partition coefficient (Wildman–Crippen LogP) is 2.76. The molecule has 0 aliphatic rings. The minimum Gasteiger partial charge on any atom is -0.497 e. The smallest absolute Gasteiger partial charge is 0.116 e. The van der Waals surface area contributed by atoms with E-state index < -0.39 is 0 Å². The Balaban J connectivity index is 3.12. The van der Waals surface area contributed by atoms with Crippen molar-refractivity contribution in [2.24, 2.45) is 0 Å².